The molecule has 0 bridgehead atoms. The van der Waals surface area contributed by atoms with Gasteiger partial charge in [-0.05, 0) is 59.7 Å². The maximum Gasteiger partial charge on any atom is 0.0626 e. The molecule has 0 unspecified atom stereocenters. The van der Waals surface area contributed by atoms with Crippen LogP contribution in [0, 0.1) is 0 Å². The molecular formula is C44H32N2. The highest BCUT2D eigenvalue weighted by Crippen LogP contribution is 2.52. The minimum Gasteiger partial charge on any atom is -0.309 e. The smallest absolute Gasteiger partial charge is 0.0626 e. The summed E-state index contributed by atoms with van der Waals surface area (Å²) in [6.45, 7) is 0. The fourth-order valence-electron chi connectivity index (χ4n) is 6.63. The van der Waals surface area contributed by atoms with Crippen molar-refractivity contribution in [1.29, 1.82) is 0 Å². The maximum absolute atomic E-state index is 2.43. The van der Waals surface area contributed by atoms with E-state index in [2.05, 4.69) is 204 Å². The lowest BCUT2D eigenvalue weighted by Gasteiger charge is -2.33. The van der Waals surface area contributed by atoms with Gasteiger partial charge >= 0.3 is 0 Å². The van der Waals surface area contributed by atoms with Crippen LogP contribution in [-0.2, 0) is 0 Å². The molecule has 0 amide bonds. The first-order chi connectivity index (χ1) is 22.9. The molecule has 2 nitrogen and oxygen atoms in total. The van der Waals surface area contributed by atoms with Crippen LogP contribution in [-0.4, -0.2) is 0 Å². The van der Waals surface area contributed by atoms with Crippen LogP contribution >= 0.6 is 0 Å². The molecule has 0 aliphatic carbocycles. The number of hydrogen-bond donors (Lipinski definition) is 0. The van der Waals surface area contributed by atoms with E-state index in [1.54, 1.807) is 0 Å². The zero-order valence-electron chi connectivity index (χ0n) is 25.4. The summed E-state index contributed by atoms with van der Waals surface area (Å²) < 4.78 is 0. The van der Waals surface area contributed by atoms with Gasteiger partial charge in [-0.2, -0.15) is 0 Å². The standard InChI is InChI=1S/C44H32N2/c1-6-19-33(20-7-1)38-31-18-32-41-42(38)44(46(36-25-12-4-13-26-36)37-27-14-5-15-28-37)40-30-17-16-29-39(40)43(41)45(34-21-8-2-9-22-34)35-23-10-3-11-24-35/h1-32H. The molecule has 0 saturated carbocycles. The van der Waals surface area contributed by atoms with Gasteiger partial charge in [0, 0.05) is 44.3 Å². The van der Waals surface area contributed by atoms with Crippen molar-refractivity contribution in [3.05, 3.63) is 194 Å². The van der Waals surface area contributed by atoms with Crippen molar-refractivity contribution in [1.82, 2.24) is 0 Å². The first-order valence-electron chi connectivity index (χ1n) is 15.7. The fraction of sp³-hybridized carbons (Fsp3) is 0. The molecule has 8 rings (SSSR count). The van der Waals surface area contributed by atoms with Gasteiger partial charge in [0.05, 0.1) is 11.4 Å². The van der Waals surface area contributed by atoms with Crippen molar-refractivity contribution in [2.45, 2.75) is 0 Å². The predicted octanol–water partition coefficient (Wildman–Crippen LogP) is 12.6. The first kappa shape index (κ1) is 27.4. The van der Waals surface area contributed by atoms with Crippen LogP contribution in [0.25, 0.3) is 32.7 Å². The van der Waals surface area contributed by atoms with E-state index in [0.29, 0.717) is 0 Å². The molecule has 0 radical (unpaired) electrons. The monoisotopic (exact) mass is 588 g/mol. The Hall–Kier alpha value is -6.12. The number of fused-ring (bicyclic) bond motifs is 2. The van der Waals surface area contributed by atoms with Crippen LogP contribution in [0.5, 0.6) is 0 Å². The Morgan fingerprint density at radius 1 is 0.261 bits per heavy atom. The number of rotatable bonds is 7. The average molecular weight is 589 g/mol. The molecular weight excluding hydrogens is 556 g/mol. The molecule has 8 aromatic rings. The SMILES string of the molecule is c1ccc(-c2cccc3c(N(c4ccccc4)c4ccccc4)c4ccccc4c(N(c4ccccc4)c4ccccc4)c23)cc1. The minimum atomic E-state index is 1.11. The van der Waals surface area contributed by atoms with Gasteiger partial charge in [-0.25, -0.2) is 0 Å². The van der Waals surface area contributed by atoms with E-state index in [1.165, 1.54) is 32.7 Å². The Labute approximate surface area is 270 Å². The van der Waals surface area contributed by atoms with Crippen LogP contribution in [0.3, 0.4) is 0 Å². The maximum atomic E-state index is 2.43. The Morgan fingerprint density at radius 3 is 1.07 bits per heavy atom. The average Bonchev–Trinajstić information content (AvgIpc) is 3.14. The molecule has 8 aromatic carbocycles. The van der Waals surface area contributed by atoms with Gasteiger partial charge in [0.15, 0.2) is 0 Å². The molecule has 0 N–H and O–H groups in total. The zero-order valence-corrected chi connectivity index (χ0v) is 25.4. The van der Waals surface area contributed by atoms with Crippen LogP contribution in [0.1, 0.15) is 0 Å². The van der Waals surface area contributed by atoms with E-state index in [1.807, 2.05) is 0 Å². The highest BCUT2D eigenvalue weighted by molar-refractivity contribution is 6.26. The molecule has 0 aliphatic rings. The summed E-state index contributed by atoms with van der Waals surface area (Å²) in [5, 5.41) is 4.74. The molecule has 0 fully saturated rings. The summed E-state index contributed by atoms with van der Waals surface area (Å²) in [4.78, 5) is 4.84. The first-order valence-corrected chi connectivity index (χ1v) is 15.7. The predicted molar refractivity (Wildman–Crippen MR) is 196 cm³/mol. The fourth-order valence-corrected chi connectivity index (χ4v) is 6.63. The Bertz CT molecular complexity index is 2150. The molecule has 218 valence electrons. The highest BCUT2D eigenvalue weighted by Gasteiger charge is 2.26. The number of hydrogen-bond acceptors (Lipinski definition) is 2. The van der Waals surface area contributed by atoms with Crippen molar-refractivity contribution in [2.24, 2.45) is 0 Å². The lowest BCUT2D eigenvalue weighted by atomic mass is 9.90. The zero-order chi connectivity index (χ0) is 30.7. The second-order valence-corrected chi connectivity index (χ2v) is 11.3. The van der Waals surface area contributed by atoms with Gasteiger partial charge in [-0.1, -0.05) is 146 Å². The lowest BCUT2D eigenvalue weighted by Crippen LogP contribution is -2.14. The normalized spacial score (nSPS) is 11.0. The van der Waals surface area contributed by atoms with Crippen LogP contribution in [0.4, 0.5) is 34.1 Å². The van der Waals surface area contributed by atoms with Gasteiger partial charge in [-0.3, -0.25) is 0 Å². The summed E-state index contributed by atoms with van der Waals surface area (Å²) in [7, 11) is 0. The summed E-state index contributed by atoms with van der Waals surface area (Å²) in [5.41, 5.74) is 9.14. The Morgan fingerprint density at radius 2 is 0.609 bits per heavy atom. The van der Waals surface area contributed by atoms with Crippen molar-refractivity contribution < 1.29 is 0 Å². The summed E-state index contributed by atoms with van der Waals surface area (Å²) in [6, 6.07) is 69.3. The Balaban J connectivity index is 1.58. The molecule has 0 saturated heterocycles. The van der Waals surface area contributed by atoms with E-state index in [-0.39, 0.29) is 0 Å². The molecule has 0 spiro atoms. The summed E-state index contributed by atoms with van der Waals surface area (Å²) in [6.07, 6.45) is 0. The summed E-state index contributed by atoms with van der Waals surface area (Å²) in [5.74, 6) is 0. The van der Waals surface area contributed by atoms with E-state index in [4.69, 9.17) is 0 Å². The minimum absolute atomic E-state index is 1.11. The van der Waals surface area contributed by atoms with Crippen LogP contribution in [0.15, 0.2) is 194 Å². The van der Waals surface area contributed by atoms with Crippen molar-refractivity contribution >= 4 is 55.7 Å². The third-order valence-electron chi connectivity index (χ3n) is 8.58. The third kappa shape index (κ3) is 4.87. The second-order valence-electron chi connectivity index (χ2n) is 11.3. The topological polar surface area (TPSA) is 6.48 Å². The van der Waals surface area contributed by atoms with E-state index < -0.39 is 0 Å². The lowest BCUT2D eigenvalue weighted by molar-refractivity contribution is 1.29. The van der Waals surface area contributed by atoms with Gasteiger partial charge < -0.3 is 9.80 Å². The highest BCUT2D eigenvalue weighted by atomic mass is 15.2. The quantitative estimate of drug-likeness (QED) is 0.135. The number of para-hydroxylation sites is 4. The molecule has 0 aromatic heterocycles. The van der Waals surface area contributed by atoms with E-state index >= 15 is 0 Å². The molecule has 0 aliphatic heterocycles. The third-order valence-corrected chi connectivity index (χ3v) is 8.58. The van der Waals surface area contributed by atoms with Gasteiger partial charge in [0.2, 0.25) is 0 Å². The van der Waals surface area contributed by atoms with E-state index in [9.17, 15) is 0 Å². The largest absolute Gasteiger partial charge is 0.309 e. The van der Waals surface area contributed by atoms with Crippen molar-refractivity contribution in [2.75, 3.05) is 9.80 Å². The van der Waals surface area contributed by atoms with E-state index in [0.717, 1.165) is 34.1 Å². The number of benzene rings is 8. The molecule has 2 heteroatoms. The van der Waals surface area contributed by atoms with Gasteiger partial charge in [-0.15, -0.1) is 0 Å². The number of nitrogens with zero attached hydrogens (tertiary/aromatic N) is 2. The Kier molecular flexibility index (Phi) is 7.22. The van der Waals surface area contributed by atoms with Crippen LogP contribution in [0.2, 0.25) is 0 Å². The van der Waals surface area contributed by atoms with Crippen LogP contribution < -0.4 is 9.80 Å². The van der Waals surface area contributed by atoms with Gasteiger partial charge in [0.1, 0.15) is 0 Å². The van der Waals surface area contributed by atoms with Crippen molar-refractivity contribution in [3.8, 4) is 11.1 Å². The molecule has 46 heavy (non-hydrogen) atoms. The van der Waals surface area contributed by atoms with Crippen molar-refractivity contribution in [3.63, 3.8) is 0 Å². The second kappa shape index (κ2) is 12.1. The van der Waals surface area contributed by atoms with Gasteiger partial charge in [0.25, 0.3) is 0 Å². The summed E-state index contributed by atoms with van der Waals surface area (Å²) >= 11 is 0. The number of anilines is 6. The molecule has 0 atom stereocenters. The molecule has 0 heterocycles.